The van der Waals surface area contributed by atoms with E-state index in [2.05, 4.69) is 10.3 Å². The lowest BCUT2D eigenvalue weighted by atomic mass is 9.89. The zero-order chi connectivity index (χ0) is 22.1. The minimum Gasteiger partial charge on any atom is -0.361 e. The molecule has 1 aromatic heterocycles. The topological polar surface area (TPSA) is 105 Å². The Kier molecular flexibility index (Phi) is 17.0. The largest absolute Gasteiger partial charge is 0.361 e. The summed E-state index contributed by atoms with van der Waals surface area (Å²) < 4.78 is 1.19. The molecule has 1 heterocycles. The van der Waals surface area contributed by atoms with Crippen molar-refractivity contribution in [2.24, 2.45) is 11.7 Å². The normalized spacial score (nSPS) is 12.5. The standard InChI is InChI=1S/C8H14ClNO.C8H9N3O2.2C2H6/c1-10(9)8(11)7-5-3-2-4-6-7;1-5-2-3-6(10-4-5)11-8(13)7(9)12;2*1-2/h7H,2-6H2,1H3;2-4H,1H3,(H2,9,12)(H,10,11,13);2*1-2H3. The number of nitrogens with one attached hydrogen (secondary N) is 1. The molecular formula is C20H35ClN4O3. The molecule has 1 aromatic rings. The minimum atomic E-state index is -1.03. The van der Waals surface area contributed by atoms with Crippen molar-refractivity contribution in [1.29, 1.82) is 0 Å². The van der Waals surface area contributed by atoms with Crippen LogP contribution in [0.3, 0.4) is 0 Å². The Balaban J connectivity index is 0. The molecule has 1 aliphatic rings. The fourth-order valence-corrected chi connectivity index (χ4v) is 2.46. The average molecular weight is 415 g/mol. The van der Waals surface area contributed by atoms with Crippen LogP contribution in [0, 0.1) is 12.8 Å². The number of pyridine rings is 1. The maximum atomic E-state index is 11.3. The molecule has 28 heavy (non-hydrogen) atoms. The fourth-order valence-electron chi connectivity index (χ4n) is 2.32. The first-order chi connectivity index (χ1) is 13.3. The number of anilines is 1. The first-order valence-corrected chi connectivity index (χ1v) is 10.1. The molecule has 2 rings (SSSR count). The van der Waals surface area contributed by atoms with Crippen LogP contribution in [0.25, 0.3) is 0 Å². The van der Waals surface area contributed by atoms with Gasteiger partial charge in [0.2, 0.25) is 5.91 Å². The number of rotatable bonds is 2. The number of primary amides is 1. The molecule has 8 heteroatoms. The Hall–Kier alpha value is -2.15. The Morgan fingerprint density at radius 1 is 1.11 bits per heavy atom. The molecule has 0 spiro atoms. The molecule has 0 aliphatic heterocycles. The Morgan fingerprint density at radius 3 is 2.04 bits per heavy atom. The van der Waals surface area contributed by atoms with Gasteiger partial charge in [-0.3, -0.25) is 18.8 Å². The molecule has 3 amide bonds. The predicted molar refractivity (Wildman–Crippen MR) is 115 cm³/mol. The molecule has 160 valence electrons. The smallest absolute Gasteiger partial charge is 0.314 e. The van der Waals surface area contributed by atoms with Gasteiger partial charge in [-0.1, -0.05) is 53.0 Å². The summed E-state index contributed by atoms with van der Waals surface area (Å²) >= 11 is 5.55. The van der Waals surface area contributed by atoms with Crippen LogP contribution in [-0.4, -0.2) is 34.2 Å². The van der Waals surface area contributed by atoms with Gasteiger partial charge in [-0.25, -0.2) is 4.98 Å². The van der Waals surface area contributed by atoms with Crippen LogP contribution in [0.1, 0.15) is 65.4 Å². The SMILES string of the molecule is CC.CC.CN(Cl)C(=O)C1CCCCC1.Cc1ccc(NC(=O)C(N)=O)nc1. The number of halogens is 1. The molecule has 0 aromatic carbocycles. The van der Waals surface area contributed by atoms with E-state index in [1.54, 1.807) is 25.4 Å². The quantitative estimate of drug-likeness (QED) is 0.562. The van der Waals surface area contributed by atoms with Crippen molar-refractivity contribution in [3.63, 3.8) is 0 Å². The number of aromatic nitrogens is 1. The lowest BCUT2D eigenvalue weighted by Crippen LogP contribution is -2.29. The zero-order valence-electron chi connectivity index (χ0n) is 17.9. The Labute approximate surface area is 174 Å². The first kappa shape index (κ1) is 28.1. The minimum absolute atomic E-state index is 0.0892. The highest BCUT2D eigenvalue weighted by Gasteiger charge is 2.22. The second-order valence-electron chi connectivity index (χ2n) is 5.69. The highest BCUT2D eigenvalue weighted by atomic mass is 35.5. The van der Waals surface area contributed by atoms with E-state index in [1.165, 1.54) is 23.7 Å². The van der Waals surface area contributed by atoms with E-state index >= 15 is 0 Å². The summed E-state index contributed by atoms with van der Waals surface area (Å²) in [6, 6.07) is 3.36. The van der Waals surface area contributed by atoms with Gasteiger partial charge in [0.1, 0.15) is 5.82 Å². The van der Waals surface area contributed by atoms with E-state index in [-0.39, 0.29) is 11.8 Å². The molecule has 0 atom stereocenters. The zero-order valence-corrected chi connectivity index (χ0v) is 18.7. The number of nitrogens with two attached hydrogens (primary N) is 1. The van der Waals surface area contributed by atoms with Crippen LogP contribution >= 0.6 is 11.8 Å². The van der Waals surface area contributed by atoms with Gasteiger partial charge in [0.15, 0.2) is 0 Å². The van der Waals surface area contributed by atoms with Gasteiger partial charge < -0.3 is 11.1 Å². The van der Waals surface area contributed by atoms with Crippen molar-refractivity contribution in [2.75, 3.05) is 12.4 Å². The van der Waals surface area contributed by atoms with Gasteiger partial charge >= 0.3 is 11.8 Å². The molecule has 7 nitrogen and oxygen atoms in total. The lowest BCUT2D eigenvalue weighted by molar-refractivity contribution is -0.134. The molecule has 1 aliphatic carbocycles. The molecule has 0 unspecified atom stereocenters. The molecular weight excluding hydrogens is 380 g/mol. The molecule has 0 saturated heterocycles. The summed E-state index contributed by atoms with van der Waals surface area (Å²) in [7, 11) is 1.61. The van der Waals surface area contributed by atoms with Crippen molar-refractivity contribution in [3.05, 3.63) is 23.9 Å². The lowest BCUT2D eigenvalue weighted by Gasteiger charge is -2.22. The summed E-state index contributed by atoms with van der Waals surface area (Å²) in [6.07, 6.45) is 7.26. The number of aryl methyl sites for hydroxylation is 1. The van der Waals surface area contributed by atoms with E-state index in [9.17, 15) is 14.4 Å². The first-order valence-electron chi connectivity index (χ1n) is 9.78. The third-order valence-electron chi connectivity index (χ3n) is 3.63. The van der Waals surface area contributed by atoms with E-state index in [0.717, 1.165) is 18.4 Å². The summed E-state index contributed by atoms with van der Waals surface area (Å²) in [5, 5.41) is 2.24. The van der Waals surface area contributed by atoms with Crippen LogP contribution in [0.15, 0.2) is 18.3 Å². The Morgan fingerprint density at radius 2 is 1.64 bits per heavy atom. The van der Waals surface area contributed by atoms with E-state index in [1.807, 2.05) is 34.6 Å². The van der Waals surface area contributed by atoms with Gasteiger partial charge in [-0.2, -0.15) is 0 Å². The third-order valence-corrected chi connectivity index (χ3v) is 3.80. The van der Waals surface area contributed by atoms with E-state index in [0.29, 0.717) is 5.82 Å². The summed E-state index contributed by atoms with van der Waals surface area (Å²) in [5.41, 5.74) is 5.70. The maximum absolute atomic E-state index is 11.3. The van der Waals surface area contributed by atoms with Gasteiger partial charge in [-0.05, 0) is 31.4 Å². The number of amides is 3. The van der Waals surface area contributed by atoms with Gasteiger partial charge in [0.25, 0.3) is 0 Å². The summed E-state index contributed by atoms with van der Waals surface area (Å²) in [5.74, 6) is -1.29. The Bertz CT molecular complexity index is 571. The van der Waals surface area contributed by atoms with Crippen molar-refractivity contribution < 1.29 is 14.4 Å². The number of carbonyl (C=O) groups is 3. The summed E-state index contributed by atoms with van der Waals surface area (Å²) in [4.78, 5) is 36.3. The second kappa shape index (κ2) is 17.0. The monoisotopic (exact) mass is 414 g/mol. The van der Waals surface area contributed by atoms with E-state index in [4.69, 9.17) is 17.5 Å². The highest BCUT2D eigenvalue weighted by Crippen LogP contribution is 2.25. The van der Waals surface area contributed by atoms with Crippen molar-refractivity contribution in [1.82, 2.24) is 9.40 Å². The van der Waals surface area contributed by atoms with Crippen LogP contribution < -0.4 is 11.1 Å². The third kappa shape index (κ3) is 12.3. The van der Waals surface area contributed by atoms with Crippen LogP contribution in [0.4, 0.5) is 5.82 Å². The average Bonchev–Trinajstić information content (AvgIpc) is 2.73. The van der Waals surface area contributed by atoms with Crippen LogP contribution in [0.2, 0.25) is 0 Å². The van der Waals surface area contributed by atoms with Gasteiger partial charge in [0, 0.05) is 30.9 Å². The number of hydrogen-bond donors (Lipinski definition) is 2. The predicted octanol–water partition coefficient (Wildman–Crippen LogP) is 4.05. The van der Waals surface area contributed by atoms with E-state index < -0.39 is 11.8 Å². The molecule has 3 N–H and O–H groups in total. The van der Waals surface area contributed by atoms with Crippen molar-refractivity contribution >= 4 is 35.3 Å². The number of hydrogen-bond acceptors (Lipinski definition) is 4. The van der Waals surface area contributed by atoms with Crippen LogP contribution in [0.5, 0.6) is 0 Å². The van der Waals surface area contributed by atoms with Crippen LogP contribution in [-0.2, 0) is 14.4 Å². The molecule has 0 bridgehead atoms. The second-order valence-corrected chi connectivity index (χ2v) is 6.20. The maximum Gasteiger partial charge on any atom is 0.314 e. The molecule has 0 radical (unpaired) electrons. The fraction of sp³-hybridized carbons (Fsp3) is 0.600. The van der Waals surface area contributed by atoms with Crippen molar-refractivity contribution in [3.8, 4) is 0 Å². The van der Waals surface area contributed by atoms with Gasteiger partial charge in [-0.15, -0.1) is 0 Å². The molecule has 1 fully saturated rings. The number of nitrogens with zero attached hydrogens (tertiary/aromatic N) is 2. The number of carbonyl (C=O) groups excluding carboxylic acids is 3. The van der Waals surface area contributed by atoms with Crippen molar-refractivity contribution in [2.45, 2.75) is 66.7 Å². The summed E-state index contributed by atoms with van der Waals surface area (Å²) in [6.45, 7) is 9.87. The highest BCUT2D eigenvalue weighted by molar-refractivity contribution is 6.38. The van der Waals surface area contributed by atoms with Gasteiger partial charge in [0.05, 0.1) is 0 Å². The molecule has 1 saturated carbocycles.